The van der Waals surface area contributed by atoms with Crippen molar-refractivity contribution < 1.29 is 97.1 Å². The quantitative estimate of drug-likeness (QED) is 0.0533. The predicted octanol–water partition coefficient (Wildman–Crippen LogP) is 1.02. The van der Waals surface area contributed by atoms with Crippen LogP contribution in [0.2, 0.25) is 0 Å². The summed E-state index contributed by atoms with van der Waals surface area (Å²) in [7, 11) is 0. The van der Waals surface area contributed by atoms with E-state index in [2.05, 4.69) is 6.92 Å². The molecule has 0 unspecified atom stereocenters. The Bertz CT molecular complexity index is 1370. The molecule has 4 aliphatic heterocycles. The zero-order valence-corrected chi connectivity index (χ0v) is 37.2. The van der Waals surface area contributed by atoms with Gasteiger partial charge < -0.3 is 82.7 Å². The zero-order valence-electron chi connectivity index (χ0n) is 37.2. The lowest BCUT2D eigenvalue weighted by Crippen LogP contribution is -2.67. The number of ether oxygens (including phenoxy) is 11. The molecule has 4 heterocycles. The molecular weight excluding hydrogens is 824 g/mol. The average molecular weight is 897 g/mol. The van der Waals surface area contributed by atoms with Crippen LogP contribution in [0.3, 0.4) is 0 Å². The number of esters is 3. The zero-order chi connectivity index (χ0) is 45.8. The van der Waals surface area contributed by atoms with Crippen LogP contribution in [0.5, 0.6) is 0 Å². The first-order valence-corrected chi connectivity index (χ1v) is 22.2. The van der Waals surface area contributed by atoms with Gasteiger partial charge >= 0.3 is 17.9 Å². The van der Waals surface area contributed by atoms with Crippen LogP contribution in [0.1, 0.15) is 120 Å². The van der Waals surface area contributed by atoms with Crippen molar-refractivity contribution in [3.8, 4) is 0 Å². The van der Waals surface area contributed by atoms with Crippen LogP contribution in [0.25, 0.3) is 0 Å². The van der Waals surface area contributed by atoms with E-state index in [0.29, 0.717) is 6.61 Å². The van der Waals surface area contributed by atoms with Crippen LogP contribution in [0, 0.1) is 0 Å². The Morgan fingerprint density at radius 1 is 0.403 bits per heavy atom. The first-order chi connectivity index (χ1) is 29.4. The largest absolute Gasteiger partial charge is 0.457 e. The van der Waals surface area contributed by atoms with Crippen LogP contribution in [0.4, 0.5) is 0 Å². The van der Waals surface area contributed by atoms with Crippen molar-refractivity contribution in [2.75, 3.05) is 6.61 Å². The van der Waals surface area contributed by atoms with E-state index in [-0.39, 0.29) is 0 Å². The third-order valence-corrected chi connectivity index (χ3v) is 11.6. The Morgan fingerprint density at radius 2 is 0.806 bits per heavy atom. The van der Waals surface area contributed by atoms with Gasteiger partial charge in [0.15, 0.2) is 43.5 Å². The summed E-state index contributed by atoms with van der Waals surface area (Å²) in [6, 6.07) is 0. The summed E-state index contributed by atoms with van der Waals surface area (Å²) in [6.45, 7) is 11.8. The molecule has 4 rings (SSSR count). The summed E-state index contributed by atoms with van der Waals surface area (Å²) in [5, 5.41) is 65.7. The number of carbonyl (C=O) groups is 3. The van der Waals surface area contributed by atoms with Gasteiger partial charge in [-0.3, -0.25) is 14.4 Å². The molecule has 20 nitrogen and oxygen atoms in total. The third-order valence-electron chi connectivity index (χ3n) is 11.6. The summed E-state index contributed by atoms with van der Waals surface area (Å²) in [5.74, 6) is -2.43. The Kier molecular flexibility index (Phi) is 21.1. The molecule has 0 aromatic rings. The maximum atomic E-state index is 12.6. The molecule has 20 atom stereocenters. The number of hydrogen-bond acceptors (Lipinski definition) is 20. The van der Waals surface area contributed by atoms with Gasteiger partial charge in [-0.2, -0.15) is 0 Å². The van der Waals surface area contributed by atoms with Gasteiger partial charge in [0.25, 0.3) is 0 Å². The molecule has 4 saturated heterocycles. The second-order valence-corrected chi connectivity index (χ2v) is 16.9. The molecule has 0 amide bonds. The number of hydrogen-bond donors (Lipinski definition) is 6. The second-order valence-electron chi connectivity index (χ2n) is 16.9. The Morgan fingerprint density at radius 3 is 1.37 bits per heavy atom. The van der Waals surface area contributed by atoms with Crippen molar-refractivity contribution in [1.29, 1.82) is 0 Å². The van der Waals surface area contributed by atoms with Gasteiger partial charge in [-0.05, 0) is 34.1 Å². The van der Waals surface area contributed by atoms with E-state index in [9.17, 15) is 45.0 Å². The van der Waals surface area contributed by atoms with Crippen molar-refractivity contribution in [1.82, 2.24) is 0 Å². The van der Waals surface area contributed by atoms with Crippen molar-refractivity contribution in [2.45, 2.75) is 242 Å². The van der Waals surface area contributed by atoms with Crippen molar-refractivity contribution in [3.05, 3.63) is 0 Å². The van der Waals surface area contributed by atoms with E-state index < -0.39 is 141 Å². The Balaban J connectivity index is 1.48. The smallest absolute Gasteiger partial charge is 0.303 e. The first-order valence-electron chi connectivity index (χ1n) is 22.2. The highest BCUT2D eigenvalue weighted by Crippen LogP contribution is 2.37. The lowest BCUT2D eigenvalue weighted by molar-refractivity contribution is -0.385. The van der Waals surface area contributed by atoms with Crippen LogP contribution >= 0.6 is 0 Å². The molecule has 20 heteroatoms. The summed E-state index contributed by atoms with van der Waals surface area (Å²) < 4.78 is 64.6. The normalized spacial score (nSPS) is 41.3. The molecule has 6 N–H and O–H groups in total. The van der Waals surface area contributed by atoms with E-state index in [4.69, 9.17) is 52.1 Å². The van der Waals surface area contributed by atoms with E-state index >= 15 is 0 Å². The Labute approximate surface area is 363 Å². The van der Waals surface area contributed by atoms with Crippen molar-refractivity contribution in [2.24, 2.45) is 0 Å². The molecule has 0 radical (unpaired) electrons. The highest BCUT2D eigenvalue weighted by molar-refractivity contribution is 5.67. The summed E-state index contributed by atoms with van der Waals surface area (Å²) in [5.41, 5.74) is 0. The fourth-order valence-electron chi connectivity index (χ4n) is 8.23. The van der Waals surface area contributed by atoms with Crippen LogP contribution in [0.15, 0.2) is 0 Å². The van der Waals surface area contributed by atoms with Crippen LogP contribution in [-0.4, -0.2) is 178 Å². The standard InChI is InChI=1S/C42H72O20/c1-9-10-11-12-13-14-15-16-17-18-19-52-39-31(50)29(48)33(21(3)54-39)60-41-32(51)36(34(22(4)55-41)57-24(6)43)61-42-38(59-26(8)45)37(35(23(5)56-42)58-25(7)44)62-40-30(49)28(47)27(46)20(2)53-40/h20-23,27-42,46-51H,9-19H2,1-8H3/t20-,21-,22-,23-,27-,28+,29-,30+,31+,32+,33-,34-,35-,36-,37+,38+,39+,40-,41-,42-/m0/s1. The second kappa shape index (κ2) is 24.9. The van der Waals surface area contributed by atoms with Crippen LogP contribution in [-0.2, 0) is 66.5 Å². The molecule has 0 aromatic carbocycles. The maximum absolute atomic E-state index is 12.6. The monoisotopic (exact) mass is 896 g/mol. The third kappa shape index (κ3) is 14.2. The fraction of sp³-hybridized carbons (Fsp3) is 0.929. The van der Waals surface area contributed by atoms with Crippen molar-refractivity contribution >= 4 is 17.9 Å². The molecule has 0 bridgehead atoms. The van der Waals surface area contributed by atoms with Gasteiger partial charge in [-0.1, -0.05) is 64.7 Å². The SMILES string of the molecule is CCCCCCCCCCCCO[C@@H]1O[C@@H](C)[C@H](O[C@@H]2O[C@@H](C)[C@H](OC(C)=O)[C@@H](O[C@@H]3O[C@@H](C)[C@H](OC(C)=O)[C@@H](O[C@@H]4O[C@@H](C)[C@H](O)[C@@H](O)[C@H]4O)[C@H]3OC(C)=O)[C@H]2O)[C@@H](O)[C@H]1O. The average Bonchev–Trinajstić information content (AvgIpc) is 3.20. The van der Waals surface area contributed by atoms with Gasteiger partial charge in [0.1, 0.15) is 54.9 Å². The summed E-state index contributed by atoms with van der Waals surface area (Å²) in [4.78, 5) is 37.2. The van der Waals surface area contributed by atoms with E-state index in [0.717, 1.165) is 46.5 Å². The number of carbonyl (C=O) groups excluding carboxylic acids is 3. The molecule has 360 valence electrons. The molecule has 62 heavy (non-hydrogen) atoms. The first kappa shape index (κ1) is 52.5. The number of aliphatic hydroxyl groups excluding tert-OH is 6. The molecule has 0 aromatic heterocycles. The molecule has 4 aliphatic rings. The van der Waals surface area contributed by atoms with Crippen LogP contribution < -0.4 is 0 Å². The molecule has 0 spiro atoms. The van der Waals surface area contributed by atoms with E-state index in [1.165, 1.54) is 59.3 Å². The minimum atomic E-state index is -1.82. The summed E-state index contributed by atoms with van der Waals surface area (Å²) >= 11 is 0. The number of unbranched alkanes of at least 4 members (excludes halogenated alkanes) is 9. The van der Waals surface area contributed by atoms with Gasteiger partial charge in [-0.25, -0.2) is 0 Å². The molecule has 0 aliphatic carbocycles. The van der Waals surface area contributed by atoms with Crippen molar-refractivity contribution in [3.63, 3.8) is 0 Å². The highest BCUT2D eigenvalue weighted by Gasteiger charge is 2.57. The van der Waals surface area contributed by atoms with Gasteiger partial charge in [-0.15, -0.1) is 0 Å². The minimum Gasteiger partial charge on any atom is -0.457 e. The van der Waals surface area contributed by atoms with E-state index in [1.54, 1.807) is 6.92 Å². The van der Waals surface area contributed by atoms with Gasteiger partial charge in [0.05, 0.1) is 24.4 Å². The lowest BCUT2D eigenvalue weighted by Gasteiger charge is -2.50. The molecule has 4 fully saturated rings. The number of rotatable bonds is 21. The molecular formula is C42H72O20. The maximum Gasteiger partial charge on any atom is 0.303 e. The highest BCUT2D eigenvalue weighted by atomic mass is 16.8. The fourth-order valence-corrected chi connectivity index (χ4v) is 8.23. The number of aliphatic hydroxyl groups is 6. The topological polar surface area (TPSA) is 274 Å². The summed E-state index contributed by atoms with van der Waals surface area (Å²) in [6.07, 6.45) is -17.3. The van der Waals surface area contributed by atoms with E-state index in [1.807, 2.05) is 0 Å². The predicted molar refractivity (Wildman–Crippen MR) is 212 cm³/mol. The van der Waals surface area contributed by atoms with Gasteiger partial charge in [0.2, 0.25) is 0 Å². The van der Waals surface area contributed by atoms with Gasteiger partial charge in [0, 0.05) is 27.4 Å². The molecule has 0 saturated carbocycles. The lowest BCUT2D eigenvalue weighted by atomic mass is 9.95. The minimum absolute atomic E-state index is 0.309. The Hall–Kier alpha value is -2.15.